The fourth-order valence-electron chi connectivity index (χ4n) is 1.52. The highest BCUT2D eigenvalue weighted by Gasteiger charge is 1.98. The van der Waals surface area contributed by atoms with Crippen molar-refractivity contribution in [3.63, 3.8) is 0 Å². The standard InChI is InChI=1S/C13H21NS2/c1-3-16-13-6-4-12(5-7-13)8-9-14(2)10-11-15/h4-7,15H,3,8-11H2,1-2H3. The van der Waals surface area contributed by atoms with Gasteiger partial charge in [0.1, 0.15) is 0 Å². The van der Waals surface area contributed by atoms with Crippen molar-refractivity contribution in [1.82, 2.24) is 4.90 Å². The average molecular weight is 255 g/mol. The summed E-state index contributed by atoms with van der Waals surface area (Å²) in [6.07, 6.45) is 1.13. The normalized spacial score (nSPS) is 11.0. The quantitative estimate of drug-likeness (QED) is 0.589. The zero-order chi connectivity index (χ0) is 11.8. The van der Waals surface area contributed by atoms with Crippen molar-refractivity contribution < 1.29 is 0 Å². The lowest BCUT2D eigenvalue weighted by Crippen LogP contribution is -2.23. The van der Waals surface area contributed by atoms with Crippen LogP contribution in [0.3, 0.4) is 0 Å². The van der Waals surface area contributed by atoms with Gasteiger partial charge >= 0.3 is 0 Å². The molecule has 1 nitrogen and oxygen atoms in total. The Bertz CT molecular complexity index is 284. The van der Waals surface area contributed by atoms with Crippen molar-refractivity contribution in [2.45, 2.75) is 18.2 Å². The zero-order valence-electron chi connectivity index (χ0n) is 10.1. The van der Waals surface area contributed by atoms with Crippen molar-refractivity contribution in [3.8, 4) is 0 Å². The van der Waals surface area contributed by atoms with Crippen molar-refractivity contribution in [3.05, 3.63) is 29.8 Å². The first-order valence-electron chi connectivity index (χ1n) is 5.77. The Hall–Kier alpha value is -0.120. The molecule has 0 radical (unpaired) electrons. The Morgan fingerprint density at radius 2 is 1.88 bits per heavy atom. The molecule has 0 atom stereocenters. The largest absolute Gasteiger partial charge is 0.305 e. The minimum absolute atomic E-state index is 0.933. The number of hydrogen-bond acceptors (Lipinski definition) is 3. The molecule has 0 N–H and O–H groups in total. The summed E-state index contributed by atoms with van der Waals surface area (Å²) >= 11 is 6.13. The van der Waals surface area contributed by atoms with E-state index in [2.05, 4.69) is 55.8 Å². The molecule has 16 heavy (non-hydrogen) atoms. The maximum absolute atomic E-state index is 4.23. The van der Waals surface area contributed by atoms with E-state index in [1.165, 1.54) is 10.5 Å². The van der Waals surface area contributed by atoms with Crippen LogP contribution < -0.4 is 0 Å². The van der Waals surface area contributed by atoms with Crippen molar-refractivity contribution >= 4 is 24.4 Å². The fraction of sp³-hybridized carbons (Fsp3) is 0.538. The van der Waals surface area contributed by atoms with Crippen LogP contribution in [0, 0.1) is 0 Å². The predicted octanol–water partition coefficient (Wildman–Crippen LogP) is 3.20. The molecule has 0 fully saturated rings. The second-order valence-corrected chi connectivity index (χ2v) is 5.64. The molecular weight excluding hydrogens is 234 g/mol. The molecule has 3 heteroatoms. The van der Waals surface area contributed by atoms with E-state index < -0.39 is 0 Å². The molecule has 1 aromatic carbocycles. The summed E-state index contributed by atoms with van der Waals surface area (Å²) in [5, 5.41) is 0. The van der Waals surface area contributed by atoms with Crippen molar-refractivity contribution in [2.75, 3.05) is 31.6 Å². The van der Waals surface area contributed by atoms with E-state index in [1.807, 2.05) is 11.8 Å². The summed E-state index contributed by atoms with van der Waals surface area (Å²) in [6.45, 7) is 4.36. The molecule has 0 aliphatic rings. The maximum Gasteiger partial charge on any atom is 0.00720 e. The summed E-state index contributed by atoms with van der Waals surface area (Å²) in [6, 6.07) is 8.93. The number of thioether (sulfide) groups is 1. The molecule has 0 heterocycles. The topological polar surface area (TPSA) is 3.24 Å². The smallest absolute Gasteiger partial charge is 0.00720 e. The molecular formula is C13H21NS2. The third-order valence-electron chi connectivity index (χ3n) is 2.50. The summed E-state index contributed by atoms with van der Waals surface area (Å²) in [5.41, 5.74) is 1.42. The molecule has 0 bridgehead atoms. The van der Waals surface area contributed by atoms with Crippen LogP contribution in [0.1, 0.15) is 12.5 Å². The lowest BCUT2D eigenvalue weighted by atomic mass is 10.1. The van der Waals surface area contributed by atoms with Gasteiger partial charge in [0, 0.05) is 23.7 Å². The zero-order valence-corrected chi connectivity index (χ0v) is 11.9. The van der Waals surface area contributed by atoms with Gasteiger partial charge in [-0.3, -0.25) is 0 Å². The van der Waals surface area contributed by atoms with Gasteiger partial charge in [-0.1, -0.05) is 19.1 Å². The lowest BCUT2D eigenvalue weighted by molar-refractivity contribution is 0.361. The molecule has 0 aliphatic heterocycles. The van der Waals surface area contributed by atoms with E-state index in [1.54, 1.807) is 0 Å². The molecule has 0 saturated carbocycles. The minimum atomic E-state index is 0.933. The molecule has 0 aromatic heterocycles. The highest BCUT2D eigenvalue weighted by atomic mass is 32.2. The van der Waals surface area contributed by atoms with E-state index in [0.29, 0.717) is 0 Å². The van der Waals surface area contributed by atoms with Gasteiger partial charge in [-0.25, -0.2) is 0 Å². The Balaban J connectivity index is 2.37. The number of likely N-dealkylation sites (N-methyl/N-ethyl adjacent to an activating group) is 1. The number of hydrogen-bond donors (Lipinski definition) is 1. The van der Waals surface area contributed by atoms with Crippen LogP contribution in [0.25, 0.3) is 0 Å². The number of thiol groups is 1. The van der Waals surface area contributed by atoms with Crippen molar-refractivity contribution in [2.24, 2.45) is 0 Å². The first-order valence-corrected chi connectivity index (χ1v) is 7.39. The molecule has 0 unspecified atom stereocenters. The molecule has 90 valence electrons. The van der Waals surface area contributed by atoms with E-state index >= 15 is 0 Å². The van der Waals surface area contributed by atoms with Gasteiger partial charge in [0.15, 0.2) is 0 Å². The summed E-state index contributed by atoms with van der Waals surface area (Å²) in [4.78, 5) is 3.69. The third-order valence-corrected chi connectivity index (χ3v) is 3.59. The number of nitrogens with zero attached hydrogens (tertiary/aromatic N) is 1. The Labute approximate surface area is 109 Å². The van der Waals surface area contributed by atoms with Gasteiger partial charge in [0.05, 0.1) is 0 Å². The van der Waals surface area contributed by atoms with Gasteiger partial charge in [0.2, 0.25) is 0 Å². The van der Waals surface area contributed by atoms with Gasteiger partial charge < -0.3 is 4.90 Å². The number of benzene rings is 1. The van der Waals surface area contributed by atoms with Crippen LogP contribution in [0.2, 0.25) is 0 Å². The predicted molar refractivity (Wildman–Crippen MR) is 77.9 cm³/mol. The first-order chi connectivity index (χ1) is 7.76. The second-order valence-electron chi connectivity index (χ2n) is 3.85. The van der Waals surface area contributed by atoms with E-state index in [9.17, 15) is 0 Å². The second kappa shape index (κ2) is 8.04. The highest BCUT2D eigenvalue weighted by Crippen LogP contribution is 2.17. The Morgan fingerprint density at radius 3 is 2.44 bits per heavy atom. The first kappa shape index (κ1) is 13.9. The van der Waals surface area contributed by atoms with Crippen LogP contribution >= 0.6 is 24.4 Å². The fourth-order valence-corrected chi connectivity index (χ4v) is 2.52. The van der Waals surface area contributed by atoms with Crippen LogP contribution in [0.15, 0.2) is 29.2 Å². The summed E-state index contributed by atoms with van der Waals surface area (Å²) < 4.78 is 0. The molecule has 0 saturated heterocycles. The van der Waals surface area contributed by atoms with E-state index in [-0.39, 0.29) is 0 Å². The third kappa shape index (κ3) is 5.28. The van der Waals surface area contributed by atoms with Crippen LogP contribution in [-0.2, 0) is 6.42 Å². The monoisotopic (exact) mass is 255 g/mol. The Morgan fingerprint density at radius 1 is 1.19 bits per heavy atom. The molecule has 0 aliphatic carbocycles. The SMILES string of the molecule is CCSc1ccc(CCN(C)CCS)cc1. The van der Waals surface area contributed by atoms with Gasteiger partial charge in [-0.15, -0.1) is 11.8 Å². The van der Waals surface area contributed by atoms with Gasteiger partial charge in [-0.2, -0.15) is 12.6 Å². The van der Waals surface area contributed by atoms with Gasteiger partial charge in [-0.05, 0) is 36.9 Å². The van der Waals surface area contributed by atoms with Crippen LogP contribution in [0.5, 0.6) is 0 Å². The van der Waals surface area contributed by atoms with Crippen molar-refractivity contribution in [1.29, 1.82) is 0 Å². The Kier molecular flexibility index (Phi) is 7.01. The lowest BCUT2D eigenvalue weighted by Gasteiger charge is -2.14. The summed E-state index contributed by atoms with van der Waals surface area (Å²) in [5.74, 6) is 2.08. The molecule has 1 aromatic rings. The van der Waals surface area contributed by atoms with Crippen LogP contribution in [-0.4, -0.2) is 36.5 Å². The number of rotatable bonds is 7. The minimum Gasteiger partial charge on any atom is -0.305 e. The molecule has 0 spiro atoms. The van der Waals surface area contributed by atoms with Crippen LogP contribution in [0.4, 0.5) is 0 Å². The van der Waals surface area contributed by atoms with E-state index in [4.69, 9.17) is 0 Å². The van der Waals surface area contributed by atoms with E-state index in [0.717, 1.165) is 31.0 Å². The average Bonchev–Trinajstić information content (AvgIpc) is 2.29. The molecule has 0 amide bonds. The maximum atomic E-state index is 4.23. The highest BCUT2D eigenvalue weighted by molar-refractivity contribution is 7.99. The summed E-state index contributed by atoms with van der Waals surface area (Å²) in [7, 11) is 2.15. The van der Waals surface area contributed by atoms with Gasteiger partial charge in [0.25, 0.3) is 0 Å². The molecule has 1 rings (SSSR count).